The lowest BCUT2D eigenvalue weighted by Crippen LogP contribution is -2.42. The Labute approximate surface area is 233 Å². The van der Waals surface area contributed by atoms with E-state index in [2.05, 4.69) is 29.1 Å². The van der Waals surface area contributed by atoms with Gasteiger partial charge in [0.15, 0.2) is 0 Å². The van der Waals surface area contributed by atoms with Crippen LogP contribution >= 0.6 is 0 Å². The van der Waals surface area contributed by atoms with Crippen LogP contribution in [0.3, 0.4) is 0 Å². The van der Waals surface area contributed by atoms with Gasteiger partial charge in [0.1, 0.15) is 6.04 Å². The van der Waals surface area contributed by atoms with Crippen LogP contribution in [-0.4, -0.2) is 50.6 Å². The van der Waals surface area contributed by atoms with Gasteiger partial charge >= 0.3 is 18.2 Å². The maximum atomic E-state index is 12.5. The van der Waals surface area contributed by atoms with Crippen molar-refractivity contribution in [2.24, 2.45) is 35.5 Å². The quantitative estimate of drug-likeness (QED) is 0.113. The predicted molar refractivity (Wildman–Crippen MR) is 148 cm³/mol. The third-order valence-electron chi connectivity index (χ3n) is 9.11. The van der Waals surface area contributed by atoms with E-state index < -0.39 is 24.2 Å². The lowest BCUT2D eigenvalue weighted by molar-refractivity contribution is -0.145. The van der Waals surface area contributed by atoms with E-state index in [1.54, 1.807) is 6.92 Å². The Balaban J connectivity index is 1.09. The molecule has 0 saturated heterocycles. The van der Waals surface area contributed by atoms with Crippen LogP contribution in [0.25, 0.3) is 0 Å². The van der Waals surface area contributed by atoms with E-state index in [0.717, 1.165) is 51.4 Å². The zero-order chi connectivity index (χ0) is 27.6. The Morgan fingerprint density at radius 1 is 0.872 bits per heavy atom. The first-order valence-corrected chi connectivity index (χ1v) is 15.1. The van der Waals surface area contributed by atoms with Crippen molar-refractivity contribution in [3.63, 3.8) is 0 Å². The highest BCUT2D eigenvalue weighted by Gasteiger charge is 2.50. The largest absolute Gasteiger partial charge is 0.464 e. The third kappa shape index (κ3) is 8.91. The van der Waals surface area contributed by atoms with Gasteiger partial charge in [-0.25, -0.2) is 14.4 Å². The van der Waals surface area contributed by atoms with Crippen molar-refractivity contribution in [2.45, 2.75) is 90.0 Å². The minimum Gasteiger partial charge on any atom is -0.464 e. The second-order valence-electron chi connectivity index (χ2n) is 11.7. The molecular weight excluding hydrogens is 496 g/mol. The smallest absolute Gasteiger partial charge is 0.407 e. The van der Waals surface area contributed by atoms with E-state index in [1.165, 1.54) is 12.0 Å². The molecule has 8 nitrogen and oxygen atoms in total. The van der Waals surface area contributed by atoms with E-state index in [1.807, 2.05) is 0 Å². The van der Waals surface area contributed by atoms with Crippen molar-refractivity contribution < 1.29 is 28.6 Å². The van der Waals surface area contributed by atoms with Gasteiger partial charge in [-0.3, -0.25) is 0 Å². The van der Waals surface area contributed by atoms with Gasteiger partial charge in [0.2, 0.25) is 0 Å². The van der Waals surface area contributed by atoms with Crippen molar-refractivity contribution >= 4 is 18.2 Å². The van der Waals surface area contributed by atoms with E-state index in [0.29, 0.717) is 74.5 Å². The standard InChI is InChI=1S/C31H46N2O6/c1-3-37-29(34)28(33-31(36)39-20-27-24-14-10-11-21(2)16-17-25(24)27)15-8-9-18-32-30(35)38-19-26-22-12-6-4-5-7-13-23(22)26/h22-28H,2-3,6-20H2,1H3,(H,32,35)(H,33,36)/t22-,23+,24-,25+,26?,27-,28+/m1/s1. The highest BCUT2D eigenvalue weighted by atomic mass is 16.6. The molecule has 0 aromatic heterocycles. The molecule has 0 heterocycles. The van der Waals surface area contributed by atoms with Crippen LogP contribution < -0.4 is 10.6 Å². The Bertz CT molecular complexity index is 921. The fraction of sp³-hybridized carbons (Fsp3) is 0.774. The number of alkyl carbamates (subject to hydrolysis) is 2. The first-order valence-electron chi connectivity index (χ1n) is 15.1. The van der Waals surface area contributed by atoms with Crippen LogP contribution in [0.4, 0.5) is 9.59 Å². The molecule has 3 fully saturated rings. The van der Waals surface area contributed by atoms with Gasteiger partial charge in [0.25, 0.3) is 0 Å². The molecule has 1 unspecified atom stereocenters. The topological polar surface area (TPSA) is 103 Å². The highest BCUT2D eigenvalue weighted by Crippen LogP contribution is 2.54. The van der Waals surface area contributed by atoms with Crippen LogP contribution in [-0.2, 0) is 19.0 Å². The number of allylic oxidation sites excluding steroid dienone is 1. The average molecular weight is 543 g/mol. The van der Waals surface area contributed by atoms with Crippen molar-refractivity contribution in [1.29, 1.82) is 0 Å². The summed E-state index contributed by atoms with van der Waals surface area (Å²) in [5.41, 5.74) is 1.33. The highest BCUT2D eigenvalue weighted by molar-refractivity contribution is 5.81. The monoisotopic (exact) mass is 542 g/mol. The lowest BCUT2D eigenvalue weighted by atomic mass is 9.98. The van der Waals surface area contributed by atoms with Crippen LogP contribution in [0.15, 0.2) is 12.2 Å². The Morgan fingerprint density at radius 3 is 2.21 bits per heavy atom. The molecule has 2 amide bonds. The molecule has 0 spiro atoms. The molecule has 0 radical (unpaired) electrons. The van der Waals surface area contributed by atoms with Gasteiger partial charge in [-0.2, -0.15) is 0 Å². The maximum Gasteiger partial charge on any atom is 0.407 e. The maximum absolute atomic E-state index is 12.5. The summed E-state index contributed by atoms with van der Waals surface area (Å²) < 4.78 is 16.1. The number of nitrogens with one attached hydrogen (secondary N) is 2. The normalized spacial score (nSPS) is 29.7. The number of carbonyl (C=O) groups excluding carboxylic acids is 3. The van der Waals surface area contributed by atoms with Crippen molar-refractivity contribution in [2.75, 3.05) is 26.4 Å². The lowest BCUT2D eigenvalue weighted by Gasteiger charge is -2.17. The molecule has 4 rings (SSSR count). The van der Waals surface area contributed by atoms with Crippen molar-refractivity contribution in [3.8, 4) is 11.8 Å². The third-order valence-corrected chi connectivity index (χ3v) is 9.11. The van der Waals surface area contributed by atoms with Gasteiger partial charge in [0.05, 0.1) is 19.8 Å². The fourth-order valence-corrected chi connectivity index (χ4v) is 6.73. The average Bonchev–Trinajstić information content (AvgIpc) is 3.75. The van der Waals surface area contributed by atoms with E-state index in [9.17, 15) is 14.4 Å². The summed E-state index contributed by atoms with van der Waals surface area (Å²) in [6.07, 6.45) is 10.5. The number of amides is 2. The van der Waals surface area contributed by atoms with E-state index in [-0.39, 0.29) is 6.61 Å². The number of carbonyl (C=O) groups is 3. The Morgan fingerprint density at radius 2 is 1.51 bits per heavy atom. The van der Waals surface area contributed by atoms with Crippen LogP contribution in [0.1, 0.15) is 84.0 Å². The second-order valence-corrected chi connectivity index (χ2v) is 11.7. The number of rotatable bonds is 12. The zero-order valence-electron chi connectivity index (χ0n) is 23.5. The summed E-state index contributed by atoms with van der Waals surface area (Å²) in [6, 6.07) is -0.768. The summed E-state index contributed by atoms with van der Waals surface area (Å²) in [7, 11) is 0. The molecule has 2 N–H and O–H groups in total. The molecule has 3 saturated carbocycles. The Hall–Kier alpha value is -2.69. The number of ether oxygens (including phenoxy) is 3. The van der Waals surface area contributed by atoms with Crippen LogP contribution in [0.2, 0.25) is 0 Å². The van der Waals surface area contributed by atoms with Crippen LogP contribution in [0, 0.1) is 47.3 Å². The number of esters is 1. The first kappa shape index (κ1) is 29.3. The fourth-order valence-electron chi connectivity index (χ4n) is 6.73. The number of hydrogen-bond donors (Lipinski definition) is 2. The Kier molecular flexibility index (Phi) is 11.0. The van der Waals surface area contributed by atoms with Gasteiger partial charge < -0.3 is 24.8 Å². The molecule has 8 heteroatoms. The van der Waals surface area contributed by atoms with Gasteiger partial charge in [-0.15, -0.1) is 11.8 Å². The summed E-state index contributed by atoms with van der Waals surface area (Å²) in [6.45, 7) is 7.43. The van der Waals surface area contributed by atoms with E-state index in [4.69, 9.17) is 14.2 Å². The number of fused-ring (bicyclic) bond motifs is 2. The molecule has 0 aromatic carbocycles. The summed E-state index contributed by atoms with van der Waals surface area (Å²) in [5, 5.41) is 5.50. The van der Waals surface area contributed by atoms with Gasteiger partial charge in [-0.1, -0.05) is 12.2 Å². The molecule has 4 aliphatic carbocycles. The summed E-state index contributed by atoms with van der Waals surface area (Å²) >= 11 is 0. The summed E-state index contributed by atoms with van der Waals surface area (Å²) in [4.78, 5) is 37.0. The number of hydrogen-bond acceptors (Lipinski definition) is 6. The minimum atomic E-state index is -0.768. The minimum absolute atomic E-state index is 0.242. The van der Waals surface area contributed by atoms with Gasteiger partial charge in [-0.05, 0) is 107 Å². The SMILES string of the molecule is C=C1CCC[C@@H]2[C@H](CC1)[C@@H]2COC(=O)N[C@@H](CCCCNC(=O)OCC1[C@H]2CCC#CCC[C@@H]12)C(=O)OCC. The zero-order valence-corrected chi connectivity index (χ0v) is 23.5. The first-order chi connectivity index (χ1) is 19.0. The molecule has 0 bridgehead atoms. The molecule has 4 aliphatic rings. The molecule has 216 valence electrons. The van der Waals surface area contributed by atoms with Crippen LogP contribution in [0.5, 0.6) is 0 Å². The van der Waals surface area contributed by atoms with Crippen molar-refractivity contribution in [3.05, 3.63) is 12.2 Å². The van der Waals surface area contributed by atoms with Crippen molar-refractivity contribution in [1.82, 2.24) is 10.6 Å². The van der Waals surface area contributed by atoms with E-state index >= 15 is 0 Å². The second kappa shape index (κ2) is 14.6. The number of unbranched alkanes of at least 4 members (excludes halogenated alkanes) is 1. The molecule has 0 aromatic rings. The molecule has 0 aliphatic heterocycles. The summed E-state index contributed by atoms with van der Waals surface area (Å²) in [5.74, 6) is 9.37. The predicted octanol–water partition coefficient (Wildman–Crippen LogP) is 5.36. The molecule has 7 atom stereocenters. The molecule has 39 heavy (non-hydrogen) atoms. The molecular formula is C31H46N2O6. The van der Waals surface area contributed by atoms with Gasteiger partial charge in [0, 0.05) is 19.4 Å².